The van der Waals surface area contributed by atoms with E-state index in [1.165, 1.54) is 12.8 Å². The van der Waals surface area contributed by atoms with Crippen LogP contribution in [0.25, 0.3) is 0 Å². The minimum Gasteiger partial charge on any atom is -0.379 e. The first kappa shape index (κ1) is 15.7. The van der Waals surface area contributed by atoms with Crippen molar-refractivity contribution in [3.05, 3.63) is 16.9 Å². The SMILES string of the molecule is COC(C1CC1)C(NN)c1c(Cl)cnn1CCN(C)C. The molecular weight excluding hydrogens is 278 g/mol. The third-order valence-corrected chi connectivity index (χ3v) is 4.04. The molecule has 0 amide bonds. The molecule has 2 rings (SSSR count). The summed E-state index contributed by atoms with van der Waals surface area (Å²) in [5, 5.41) is 4.99. The Bertz CT molecular complexity index is 432. The maximum absolute atomic E-state index is 6.31. The third-order valence-electron chi connectivity index (χ3n) is 3.75. The molecule has 1 aliphatic carbocycles. The standard InChI is InChI=1S/C13H24ClN5O/c1-18(2)6-7-19-12(10(14)8-16-19)11(17-15)13(20-3)9-4-5-9/h8-9,11,13,17H,4-7,15H2,1-3H3. The summed E-state index contributed by atoms with van der Waals surface area (Å²) in [5.74, 6) is 6.31. The Labute approximate surface area is 125 Å². The molecule has 20 heavy (non-hydrogen) atoms. The fourth-order valence-electron chi connectivity index (χ4n) is 2.51. The van der Waals surface area contributed by atoms with Gasteiger partial charge in [0, 0.05) is 13.7 Å². The monoisotopic (exact) mass is 301 g/mol. The molecule has 6 nitrogen and oxygen atoms in total. The molecule has 0 aromatic carbocycles. The molecule has 0 aliphatic heterocycles. The average molecular weight is 302 g/mol. The Balaban J connectivity index is 2.21. The molecule has 7 heteroatoms. The van der Waals surface area contributed by atoms with Gasteiger partial charge in [0.1, 0.15) is 0 Å². The van der Waals surface area contributed by atoms with Gasteiger partial charge >= 0.3 is 0 Å². The van der Waals surface area contributed by atoms with Gasteiger partial charge in [-0.2, -0.15) is 5.10 Å². The molecule has 114 valence electrons. The molecule has 1 aromatic heterocycles. The molecule has 0 radical (unpaired) electrons. The van der Waals surface area contributed by atoms with Crippen LogP contribution < -0.4 is 11.3 Å². The normalized spacial score (nSPS) is 18.5. The van der Waals surface area contributed by atoms with Crippen LogP contribution in [0.3, 0.4) is 0 Å². The molecule has 0 bridgehead atoms. The number of hydrogen-bond acceptors (Lipinski definition) is 5. The Hall–Kier alpha value is -0.660. The molecular formula is C13H24ClN5O. The van der Waals surface area contributed by atoms with Crippen molar-refractivity contribution in [2.75, 3.05) is 27.7 Å². The topological polar surface area (TPSA) is 68.3 Å². The lowest BCUT2D eigenvalue weighted by molar-refractivity contribution is 0.0478. The van der Waals surface area contributed by atoms with Gasteiger partial charge in [-0.15, -0.1) is 0 Å². The van der Waals surface area contributed by atoms with E-state index in [4.69, 9.17) is 22.2 Å². The highest BCUT2D eigenvalue weighted by Crippen LogP contribution is 2.40. The van der Waals surface area contributed by atoms with Gasteiger partial charge in [0.15, 0.2) is 0 Å². The second-order valence-electron chi connectivity index (χ2n) is 5.59. The quantitative estimate of drug-likeness (QED) is 0.554. The number of hydrazine groups is 1. The van der Waals surface area contributed by atoms with Crippen LogP contribution in [0.5, 0.6) is 0 Å². The first-order chi connectivity index (χ1) is 9.58. The Morgan fingerprint density at radius 3 is 2.80 bits per heavy atom. The number of likely N-dealkylation sites (N-methyl/N-ethyl adjacent to an activating group) is 1. The van der Waals surface area contributed by atoms with Gasteiger partial charge in [0.05, 0.1) is 35.6 Å². The van der Waals surface area contributed by atoms with Crippen molar-refractivity contribution in [1.29, 1.82) is 0 Å². The van der Waals surface area contributed by atoms with Crippen molar-refractivity contribution < 1.29 is 4.74 Å². The maximum atomic E-state index is 6.31. The van der Waals surface area contributed by atoms with Gasteiger partial charge in [-0.05, 0) is 32.9 Å². The van der Waals surface area contributed by atoms with E-state index in [1.54, 1.807) is 13.3 Å². The number of aromatic nitrogens is 2. The number of rotatable bonds is 8. The summed E-state index contributed by atoms with van der Waals surface area (Å²) in [7, 11) is 5.79. The number of nitrogens with two attached hydrogens (primary N) is 1. The van der Waals surface area contributed by atoms with Crippen LogP contribution in [0.2, 0.25) is 5.02 Å². The average Bonchev–Trinajstić information content (AvgIpc) is 3.18. The number of ether oxygens (including phenoxy) is 1. The lowest BCUT2D eigenvalue weighted by Gasteiger charge is -2.26. The molecule has 1 heterocycles. The van der Waals surface area contributed by atoms with Crippen LogP contribution in [0.4, 0.5) is 0 Å². The largest absolute Gasteiger partial charge is 0.379 e. The second kappa shape index (κ2) is 6.87. The molecule has 1 fully saturated rings. The van der Waals surface area contributed by atoms with Crippen molar-refractivity contribution in [3.8, 4) is 0 Å². The second-order valence-corrected chi connectivity index (χ2v) is 5.99. The summed E-state index contributed by atoms with van der Waals surface area (Å²) in [6, 6.07) is -0.135. The van der Waals surface area contributed by atoms with Crippen LogP contribution in [-0.2, 0) is 11.3 Å². The Morgan fingerprint density at radius 1 is 1.60 bits per heavy atom. The van der Waals surface area contributed by atoms with Crippen LogP contribution >= 0.6 is 11.6 Å². The van der Waals surface area contributed by atoms with Crippen LogP contribution in [0, 0.1) is 5.92 Å². The minimum absolute atomic E-state index is 0.0345. The number of hydrogen-bond donors (Lipinski definition) is 2. The van der Waals surface area contributed by atoms with Gasteiger partial charge in [0.25, 0.3) is 0 Å². The van der Waals surface area contributed by atoms with E-state index in [1.807, 2.05) is 18.8 Å². The zero-order valence-corrected chi connectivity index (χ0v) is 13.1. The molecule has 0 saturated heterocycles. The van der Waals surface area contributed by atoms with Gasteiger partial charge in [0.2, 0.25) is 0 Å². The Kier molecular flexibility index (Phi) is 5.40. The zero-order chi connectivity index (χ0) is 14.7. The molecule has 1 saturated carbocycles. The fraction of sp³-hybridized carbons (Fsp3) is 0.769. The van der Waals surface area contributed by atoms with E-state index in [2.05, 4.69) is 15.4 Å². The highest BCUT2D eigenvalue weighted by molar-refractivity contribution is 6.31. The molecule has 0 spiro atoms. The summed E-state index contributed by atoms with van der Waals surface area (Å²) in [4.78, 5) is 2.11. The predicted octanol–water partition coefficient (Wildman–Crippen LogP) is 1.03. The smallest absolute Gasteiger partial charge is 0.0908 e. The summed E-state index contributed by atoms with van der Waals surface area (Å²) in [6.07, 6.45) is 4.07. The van der Waals surface area contributed by atoms with Gasteiger partial charge in [-0.1, -0.05) is 11.6 Å². The number of halogens is 1. The highest BCUT2D eigenvalue weighted by Gasteiger charge is 2.39. The van der Waals surface area contributed by atoms with E-state index in [9.17, 15) is 0 Å². The fourth-order valence-corrected chi connectivity index (χ4v) is 2.77. The van der Waals surface area contributed by atoms with Gasteiger partial charge in [-0.25, -0.2) is 5.43 Å². The molecule has 1 aromatic rings. The predicted molar refractivity (Wildman–Crippen MR) is 79.4 cm³/mol. The highest BCUT2D eigenvalue weighted by atomic mass is 35.5. The van der Waals surface area contributed by atoms with Gasteiger partial charge < -0.3 is 9.64 Å². The van der Waals surface area contributed by atoms with Crippen LogP contribution in [0.15, 0.2) is 6.20 Å². The van der Waals surface area contributed by atoms with E-state index in [0.717, 1.165) is 18.8 Å². The van der Waals surface area contributed by atoms with Crippen molar-refractivity contribution in [2.24, 2.45) is 11.8 Å². The van der Waals surface area contributed by atoms with E-state index in [-0.39, 0.29) is 12.1 Å². The number of nitrogens with zero attached hydrogens (tertiary/aromatic N) is 3. The van der Waals surface area contributed by atoms with E-state index in [0.29, 0.717) is 10.9 Å². The van der Waals surface area contributed by atoms with Crippen LogP contribution in [0.1, 0.15) is 24.6 Å². The van der Waals surface area contributed by atoms with E-state index >= 15 is 0 Å². The Morgan fingerprint density at radius 2 is 2.30 bits per heavy atom. The first-order valence-corrected chi connectivity index (χ1v) is 7.31. The number of methoxy groups -OCH3 is 1. The zero-order valence-electron chi connectivity index (χ0n) is 12.3. The molecule has 1 aliphatic rings. The van der Waals surface area contributed by atoms with Crippen molar-refractivity contribution >= 4 is 11.6 Å². The molecule has 2 atom stereocenters. The first-order valence-electron chi connectivity index (χ1n) is 6.93. The van der Waals surface area contributed by atoms with Crippen LogP contribution in [-0.4, -0.2) is 48.5 Å². The van der Waals surface area contributed by atoms with Crippen molar-refractivity contribution in [1.82, 2.24) is 20.1 Å². The summed E-state index contributed by atoms with van der Waals surface area (Å²) >= 11 is 6.31. The molecule has 2 unspecified atom stereocenters. The van der Waals surface area contributed by atoms with Gasteiger partial charge in [-0.3, -0.25) is 10.5 Å². The summed E-state index contributed by atoms with van der Waals surface area (Å²) < 4.78 is 7.55. The lowest BCUT2D eigenvalue weighted by atomic mass is 10.0. The summed E-state index contributed by atoms with van der Waals surface area (Å²) in [5.41, 5.74) is 3.77. The maximum Gasteiger partial charge on any atom is 0.0908 e. The molecule has 3 N–H and O–H groups in total. The summed E-state index contributed by atoms with van der Waals surface area (Å²) in [6.45, 7) is 1.66. The van der Waals surface area contributed by atoms with Crippen molar-refractivity contribution in [2.45, 2.75) is 31.5 Å². The minimum atomic E-state index is -0.135. The van der Waals surface area contributed by atoms with Crippen molar-refractivity contribution in [3.63, 3.8) is 0 Å². The number of nitrogens with one attached hydrogen (secondary N) is 1. The van der Waals surface area contributed by atoms with E-state index < -0.39 is 0 Å². The lowest BCUT2D eigenvalue weighted by Crippen LogP contribution is -2.40. The third kappa shape index (κ3) is 3.51.